The van der Waals surface area contributed by atoms with Crippen LogP contribution in [0.5, 0.6) is 0 Å². The smallest absolute Gasteiger partial charge is 0.0411 e. The summed E-state index contributed by atoms with van der Waals surface area (Å²) in [4.78, 5) is 3.80. The van der Waals surface area contributed by atoms with E-state index in [9.17, 15) is 0 Å². The predicted molar refractivity (Wildman–Crippen MR) is 206 cm³/mol. The molecule has 0 amide bonds. The van der Waals surface area contributed by atoms with Gasteiger partial charge in [-0.05, 0) is 80.6 Å². The van der Waals surface area contributed by atoms with Crippen LogP contribution in [0.1, 0.15) is 84.6 Å². The lowest BCUT2D eigenvalue weighted by molar-refractivity contribution is 0.660. The number of hydrogen-bond donors (Lipinski definition) is 0. The molecule has 4 aliphatic rings. The molecule has 238 valence electrons. The van der Waals surface area contributed by atoms with Gasteiger partial charge in [0.15, 0.2) is 0 Å². The third-order valence-electron chi connectivity index (χ3n) is 9.78. The fourth-order valence-electron chi connectivity index (χ4n) is 7.35. The van der Waals surface area contributed by atoms with Gasteiger partial charge in [-0.3, -0.25) is 0 Å². The number of nitrogens with zero attached hydrogens (tertiary/aromatic N) is 1. The molecule has 2 unspecified atom stereocenters. The molecule has 2 atom stereocenters. The van der Waals surface area contributed by atoms with Crippen LogP contribution in [0.25, 0.3) is 22.3 Å². The number of anilines is 2. The Kier molecular flexibility index (Phi) is 9.89. The minimum absolute atomic E-state index is 0.0182. The summed E-state index contributed by atoms with van der Waals surface area (Å²) in [5.74, 6) is 0.676. The third kappa shape index (κ3) is 5.82. The summed E-state index contributed by atoms with van der Waals surface area (Å²) in [5, 5.41) is 0.699. The van der Waals surface area contributed by atoms with Gasteiger partial charge >= 0.3 is 0 Å². The average molecular weight is 626 g/mol. The van der Waals surface area contributed by atoms with Gasteiger partial charge in [0.2, 0.25) is 0 Å². The Bertz CT molecular complexity index is 1690. The highest BCUT2D eigenvalue weighted by Crippen LogP contribution is 2.51. The third-order valence-corrected chi connectivity index (χ3v) is 11.0. The largest absolute Gasteiger partial charge is 0.345 e. The molecule has 4 aromatic rings. The Morgan fingerprint density at radius 2 is 1.00 bits per heavy atom. The van der Waals surface area contributed by atoms with Gasteiger partial charge in [-0.1, -0.05) is 146 Å². The van der Waals surface area contributed by atoms with E-state index in [0.29, 0.717) is 11.2 Å². The van der Waals surface area contributed by atoms with Crippen molar-refractivity contribution in [1.82, 2.24) is 0 Å². The normalized spacial score (nSPS) is 19.3. The van der Waals surface area contributed by atoms with Crippen molar-refractivity contribution in [2.75, 3.05) is 11.9 Å². The SMILES string of the molecule is CC.CC.CC1=CC2C=CC=CC2S1.CN(c1ccc2c(c1)C(C)(C)c1ccccc1-2)c1ccc2c(c1)C(C)(C)c1ccccc1-2. The standard InChI is InChI=1S/C31H29N.C9H10S.2C2H6/c1-30(2)26-12-8-6-10-22(26)24-16-14-20(18-28(24)30)32(5)21-15-17-25-23-11-7-9-13-27(23)31(3,4)29(25)19-21;1-7-6-8-4-2-3-5-9(8)10-7;2*1-2/h6-19H,1-5H3;2-6,8-9H,1H3;2*1-2H3. The second-order valence-electron chi connectivity index (χ2n) is 13.1. The van der Waals surface area contributed by atoms with Crippen molar-refractivity contribution in [2.24, 2.45) is 5.92 Å². The highest BCUT2D eigenvalue weighted by Gasteiger charge is 2.37. The fraction of sp³-hybridized carbons (Fsp3) is 0.318. The van der Waals surface area contributed by atoms with Gasteiger partial charge in [-0.2, -0.15) is 0 Å². The lowest BCUT2D eigenvalue weighted by Gasteiger charge is -2.27. The molecule has 0 radical (unpaired) electrons. The minimum Gasteiger partial charge on any atom is -0.345 e. The van der Waals surface area contributed by atoms with E-state index in [4.69, 9.17) is 0 Å². The van der Waals surface area contributed by atoms with E-state index in [1.165, 1.54) is 60.8 Å². The predicted octanol–water partition coefficient (Wildman–Crippen LogP) is 12.9. The number of hydrogen-bond acceptors (Lipinski definition) is 2. The van der Waals surface area contributed by atoms with Crippen LogP contribution >= 0.6 is 11.8 Å². The monoisotopic (exact) mass is 625 g/mol. The van der Waals surface area contributed by atoms with Crippen LogP contribution < -0.4 is 4.90 Å². The molecule has 1 heterocycles. The van der Waals surface area contributed by atoms with Crippen molar-refractivity contribution in [2.45, 2.75) is 78.4 Å². The van der Waals surface area contributed by atoms with Crippen molar-refractivity contribution in [3.05, 3.63) is 142 Å². The maximum Gasteiger partial charge on any atom is 0.0411 e. The molecule has 0 saturated carbocycles. The molecule has 0 saturated heterocycles. The molecule has 1 nitrogen and oxygen atoms in total. The summed E-state index contributed by atoms with van der Waals surface area (Å²) in [7, 11) is 2.19. The highest BCUT2D eigenvalue weighted by molar-refractivity contribution is 8.04. The molecule has 2 heteroatoms. The van der Waals surface area contributed by atoms with Crippen molar-refractivity contribution in [3.63, 3.8) is 0 Å². The topological polar surface area (TPSA) is 3.24 Å². The van der Waals surface area contributed by atoms with Gasteiger partial charge < -0.3 is 4.90 Å². The molecule has 46 heavy (non-hydrogen) atoms. The number of fused-ring (bicyclic) bond motifs is 7. The molecule has 8 rings (SSSR count). The Balaban J connectivity index is 0.000000249. The van der Waals surface area contributed by atoms with Crippen LogP contribution in [0.3, 0.4) is 0 Å². The first-order chi connectivity index (χ1) is 22.2. The summed E-state index contributed by atoms with van der Waals surface area (Å²) >= 11 is 1.97. The summed E-state index contributed by atoms with van der Waals surface area (Å²) in [6, 6.07) is 31.6. The Labute approximate surface area is 283 Å². The highest BCUT2D eigenvalue weighted by atomic mass is 32.2. The van der Waals surface area contributed by atoms with Crippen molar-refractivity contribution in [3.8, 4) is 22.3 Å². The second-order valence-corrected chi connectivity index (χ2v) is 14.5. The first kappa shape index (κ1) is 33.6. The van der Waals surface area contributed by atoms with Gasteiger partial charge in [-0.25, -0.2) is 0 Å². The minimum atomic E-state index is 0.0182. The van der Waals surface area contributed by atoms with E-state index >= 15 is 0 Å². The first-order valence-electron chi connectivity index (χ1n) is 17.1. The Morgan fingerprint density at radius 3 is 1.48 bits per heavy atom. The van der Waals surface area contributed by atoms with E-state index in [1.54, 1.807) is 0 Å². The lowest BCUT2D eigenvalue weighted by Crippen LogP contribution is -2.17. The maximum absolute atomic E-state index is 2.39. The fourth-order valence-corrected chi connectivity index (χ4v) is 8.51. The van der Waals surface area contributed by atoms with E-state index in [1.807, 2.05) is 39.5 Å². The Hall–Kier alpha value is -3.75. The van der Waals surface area contributed by atoms with Crippen LogP contribution in [0.4, 0.5) is 11.4 Å². The van der Waals surface area contributed by atoms with Crippen LogP contribution in [-0.4, -0.2) is 12.3 Å². The average Bonchev–Trinajstić information content (AvgIpc) is 3.67. The molecule has 4 aromatic carbocycles. The zero-order valence-corrected chi connectivity index (χ0v) is 30.3. The van der Waals surface area contributed by atoms with Gasteiger partial charge in [-0.15, -0.1) is 11.8 Å². The molecular weight excluding hydrogens is 575 g/mol. The summed E-state index contributed by atoms with van der Waals surface area (Å²) < 4.78 is 0. The number of rotatable bonds is 2. The van der Waals surface area contributed by atoms with Crippen LogP contribution in [0.2, 0.25) is 0 Å². The quantitative estimate of drug-likeness (QED) is 0.218. The molecular formula is C44H51NS. The van der Waals surface area contributed by atoms with Gasteiger partial charge in [0.1, 0.15) is 0 Å². The number of benzene rings is 4. The van der Waals surface area contributed by atoms with E-state index in [0.717, 1.165) is 0 Å². The molecule has 0 N–H and O–H groups in total. The molecule has 0 fully saturated rings. The molecule has 1 aliphatic heterocycles. The maximum atomic E-state index is 2.39. The van der Waals surface area contributed by atoms with Crippen molar-refractivity contribution < 1.29 is 0 Å². The van der Waals surface area contributed by atoms with E-state index in [-0.39, 0.29) is 10.8 Å². The zero-order chi connectivity index (χ0) is 33.2. The summed E-state index contributed by atoms with van der Waals surface area (Å²) in [5.41, 5.74) is 13.7. The molecule has 0 aromatic heterocycles. The molecule has 0 spiro atoms. The van der Waals surface area contributed by atoms with E-state index < -0.39 is 0 Å². The van der Waals surface area contributed by atoms with Gasteiger partial charge in [0.25, 0.3) is 0 Å². The number of thioether (sulfide) groups is 1. The van der Waals surface area contributed by atoms with Crippen molar-refractivity contribution >= 4 is 23.1 Å². The van der Waals surface area contributed by atoms with Gasteiger partial charge in [0, 0.05) is 40.4 Å². The first-order valence-corrected chi connectivity index (χ1v) is 18.0. The summed E-state index contributed by atoms with van der Waals surface area (Å²) in [6.45, 7) is 19.6. The summed E-state index contributed by atoms with van der Waals surface area (Å²) in [6.07, 6.45) is 11.2. The number of allylic oxidation sites excluding steroid dienone is 5. The lowest BCUT2D eigenvalue weighted by atomic mass is 9.82. The van der Waals surface area contributed by atoms with Crippen LogP contribution in [0.15, 0.2) is 120 Å². The van der Waals surface area contributed by atoms with Crippen LogP contribution in [-0.2, 0) is 10.8 Å². The van der Waals surface area contributed by atoms with Crippen LogP contribution in [0, 0.1) is 5.92 Å². The second kappa shape index (κ2) is 13.5. The molecule has 0 bridgehead atoms. The zero-order valence-electron chi connectivity index (χ0n) is 29.5. The molecule has 3 aliphatic carbocycles. The van der Waals surface area contributed by atoms with Gasteiger partial charge in [0.05, 0.1) is 0 Å². The Morgan fingerprint density at radius 1 is 0.565 bits per heavy atom. The van der Waals surface area contributed by atoms with Crippen molar-refractivity contribution in [1.29, 1.82) is 0 Å². The van der Waals surface area contributed by atoms with E-state index in [2.05, 4.69) is 162 Å².